The maximum absolute atomic E-state index is 10.9. The van der Waals surface area contributed by atoms with Gasteiger partial charge in [-0.3, -0.25) is 4.79 Å². The van der Waals surface area contributed by atoms with Gasteiger partial charge in [0, 0.05) is 17.8 Å². The Morgan fingerprint density at radius 3 is 2.73 bits per heavy atom. The predicted octanol–water partition coefficient (Wildman–Crippen LogP) is 0.703. The second kappa shape index (κ2) is 2.88. The van der Waals surface area contributed by atoms with Gasteiger partial charge < -0.3 is 10.7 Å². The second-order valence-corrected chi connectivity index (χ2v) is 2.73. The average molecular weight is 152 g/mol. The van der Waals surface area contributed by atoms with Crippen LogP contribution in [0.5, 0.6) is 0 Å². The fourth-order valence-corrected chi connectivity index (χ4v) is 0.883. The van der Waals surface area contributed by atoms with Crippen LogP contribution < -0.4 is 11.3 Å². The first-order chi connectivity index (χ1) is 5.11. The van der Waals surface area contributed by atoms with E-state index in [2.05, 4.69) is 4.98 Å². The van der Waals surface area contributed by atoms with Crippen LogP contribution in [0.4, 0.5) is 0 Å². The van der Waals surface area contributed by atoms with Gasteiger partial charge in [0.1, 0.15) is 0 Å². The Morgan fingerprint density at radius 1 is 1.64 bits per heavy atom. The highest BCUT2D eigenvalue weighted by Crippen LogP contribution is 2.06. The molecule has 0 spiro atoms. The lowest BCUT2D eigenvalue weighted by atomic mass is 10.1. The summed E-state index contributed by atoms with van der Waals surface area (Å²) in [4.78, 5) is 13.5. The molecule has 0 fully saturated rings. The van der Waals surface area contributed by atoms with E-state index in [0.29, 0.717) is 5.56 Å². The molecule has 1 heterocycles. The molecule has 0 bridgehead atoms. The Balaban J connectivity index is 3.15. The van der Waals surface area contributed by atoms with E-state index in [1.807, 2.05) is 13.0 Å². The van der Waals surface area contributed by atoms with Gasteiger partial charge >= 0.3 is 0 Å². The summed E-state index contributed by atoms with van der Waals surface area (Å²) >= 11 is 0. The smallest absolute Gasteiger partial charge is 0.250 e. The van der Waals surface area contributed by atoms with E-state index in [1.165, 1.54) is 0 Å². The summed E-state index contributed by atoms with van der Waals surface area (Å²) in [6.45, 7) is 3.65. The fourth-order valence-electron chi connectivity index (χ4n) is 0.883. The van der Waals surface area contributed by atoms with Crippen molar-refractivity contribution in [3.05, 3.63) is 33.7 Å². The minimum Gasteiger partial charge on any atom is -0.329 e. The summed E-state index contributed by atoms with van der Waals surface area (Å²) in [5.41, 5.74) is 7.23. The third-order valence-electron chi connectivity index (χ3n) is 1.64. The van der Waals surface area contributed by atoms with Crippen LogP contribution in [0, 0.1) is 6.92 Å². The predicted molar refractivity (Wildman–Crippen MR) is 44.4 cm³/mol. The molecule has 0 amide bonds. The van der Waals surface area contributed by atoms with Crippen molar-refractivity contribution in [2.75, 3.05) is 0 Å². The first kappa shape index (κ1) is 8.01. The lowest BCUT2D eigenvalue weighted by Gasteiger charge is -2.04. The molecule has 1 aromatic heterocycles. The molecule has 0 saturated heterocycles. The van der Waals surface area contributed by atoms with Crippen molar-refractivity contribution in [3.63, 3.8) is 0 Å². The molecule has 0 aliphatic heterocycles. The number of rotatable bonds is 1. The molecule has 0 aliphatic rings. The molecule has 3 heteroatoms. The third kappa shape index (κ3) is 1.68. The molecular formula is C8H12N2O. The Morgan fingerprint density at radius 2 is 2.27 bits per heavy atom. The second-order valence-electron chi connectivity index (χ2n) is 2.73. The van der Waals surface area contributed by atoms with Crippen LogP contribution in [0.2, 0.25) is 0 Å². The number of aryl methyl sites for hydroxylation is 1. The van der Waals surface area contributed by atoms with Crippen LogP contribution in [-0.2, 0) is 0 Å². The number of pyridine rings is 1. The molecular weight excluding hydrogens is 140 g/mol. The van der Waals surface area contributed by atoms with Crippen LogP contribution >= 0.6 is 0 Å². The zero-order chi connectivity index (χ0) is 8.43. The van der Waals surface area contributed by atoms with Crippen molar-refractivity contribution in [2.45, 2.75) is 19.9 Å². The SMILES string of the molecule is Cc1cc([C@@H](C)N)c[nH]c1=O. The molecule has 1 rings (SSSR count). The van der Waals surface area contributed by atoms with Gasteiger partial charge in [0.2, 0.25) is 0 Å². The number of aromatic amines is 1. The molecule has 3 nitrogen and oxygen atoms in total. The van der Waals surface area contributed by atoms with Crippen LogP contribution in [0.3, 0.4) is 0 Å². The highest BCUT2D eigenvalue weighted by Gasteiger charge is 2.00. The molecule has 0 radical (unpaired) electrons. The normalized spacial score (nSPS) is 13.0. The molecule has 1 aromatic rings. The molecule has 0 aromatic carbocycles. The van der Waals surface area contributed by atoms with Gasteiger partial charge in [-0.05, 0) is 25.5 Å². The van der Waals surface area contributed by atoms with Crippen LogP contribution in [-0.4, -0.2) is 4.98 Å². The summed E-state index contributed by atoms with van der Waals surface area (Å²) in [6, 6.07) is 1.79. The Hall–Kier alpha value is -1.09. The number of H-pyrrole nitrogens is 1. The monoisotopic (exact) mass is 152 g/mol. The molecule has 0 aliphatic carbocycles. The van der Waals surface area contributed by atoms with Gasteiger partial charge in [-0.1, -0.05) is 0 Å². The van der Waals surface area contributed by atoms with Crippen molar-refractivity contribution >= 4 is 0 Å². The number of nitrogens with one attached hydrogen (secondary N) is 1. The maximum atomic E-state index is 10.9. The summed E-state index contributed by atoms with van der Waals surface area (Å²) in [5, 5.41) is 0. The van der Waals surface area contributed by atoms with E-state index in [9.17, 15) is 4.79 Å². The zero-order valence-corrected chi connectivity index (χ0v) is 6.72. The van der Waals surface area contributed by atoms with E-state index in [4.69, 9.17) is 5.73 Å². The van der Waals surface area contributed by atoms with Crippen LogP contribution in [0.15, 0.2) is 17.1 Å². The van der Waals surface area contributed by atoms with Gasteiger partial charge in [0.05, 0.1) is 0 Å². The largest absolute Gasteiger partial charge is 0.329 e. The first-order valence-corrected chi connectivity index (χ1v) is 3.56. The van der Waals surface area contributed by atoms with Gasteiger partial charge in [0.15, 0.2) is 0 Å². The summed E-state index contributed by atoms with van der Waals surface area (Å²) in [6.07, 6.45) is 1.65. The Labute approximate surface area is 65.2 Å². The first-order valence-electron chi connectivity index (χ1n) is 3.56. The molecule has 1 atom stereocenters. The molecule has 0 unspecified atom stereocenters. The number of hydrogen-bond donors (Lipinski definition) is 2. The van der Waals surface area contributed by atoms with E-state index < -0.39 is 0 Å². The fraction of sp³-hybridized carbons (Fsp3) is 0.375. The number of nitrogens with two attached hydrogens (primary N) is 1. The quantitative estimate of drug-likeness (QED) is 0.622. The number of aromatic nitrogens is 1. The maximum Gasteiger partial charge on any atom is 0.250 e. The van der Waals surface area contributed by atoms with E-state index >= 15 is 0 Å². The van der Waals surface area contributed by atoms with Crippen molar-refractivity contribution < 1.29 is 0 Å². The van der Waals surface area contributed by atoms with E-state index in [-0.39, 0.29) is 11.6 Å². The lowest BCUT2D eigenvalue weighted by Crippen LogP contribution is -2.13. The number of hydrogen-bond acceptors (Lipinski definition) is 2. The van der Waals surface area contributed by atoms with Gasteiger partial charge in [-0.25, -0.2) is 0 Å². The lowest BCUT2D eigenvalue weighted by molar-refractivity contribution is 0.807. The van der Waals surface area contributed by atoms with Crippen LogP contribution in [0.25, 0.3) is 0 Å². The van der Waals surface area contributed by atoms with Crippen LogP contribution in [0.1, 0.15) is 24.1 Å². The summed E-state index contributed by atoms with van der Waals surface area (Å²) in [5.74, 6) is 0. The van der Waals surface area contributed by atoms with Gasteiger partial charge in [-0.15, -0.1) is 0 Å². The third-order valence-corrected chi connectivity index (χ3v) is 1.64. The molecule has 11 heavy (non-hydrogen) atoms. The Bertz CT molecular complexity index is 301. The zero-order valence-electron chi connectivity index (χ0n) is 6.72. The molecule has 0 saturated carbocycles. The highest BCUT2D eigenvalue weighted by molar-refractivity contribution is 5.19. The Kier molecular flexibility index (Phi) is 2.10. The van der Waals surface area contributed by atoms with Gasteiger partial charge in [-0.2, -0.15) is 0 Å². The van der Waals surface area contributed by atoms with E-state index in [0.717, 1.165) is 5.56 Å². The van der Waals surface area contributed by atoms with Crippen molar-refractivity contribution in [1.29, 1.82) is 0 Å². The van der Waals surface area contributed by atoms with E-state index in [1.54, 1.807) is 13.1 Å². The molecule has 60 valence electrons. The van der Waals surface area contributed by atoms with Crippen molar-refractivity contribution in [3.8, 4) is 0 Å². The molecule has 3 N–H and O–H groups in total. The minimum atomic E-state index is -0.0469. The average Bonchev–Trinajstić information content (AvgIpc) is 1.94. The summed E-state index contributed by atoms with van der Waals surface area (Å²) < 4.78 is 0. The highest BCUT2D eigenvalue weighted by atomic mass is 16.1. The standard InChI is InChI=1S/C8H12N2O/c1-5-3-7(6(2)9)4-10-8(5)11/h3-4,6H,9H2,1-2H3,(H,10,11)/t6-/m1/s1. The van der Waals surface area contributed by atoms with Crippen molar-refractivity contribution in [1.82, 2.24) is 4.98 Å². The summed E-state index contributed by atoms with van der Waals surface area (Å²) in [7, 11) is 0. The topological polar surface area (TPSA) is 58.9 Å². The van der Waals surface area contributed by atoms with Gasteiger partial charge in [0.25, 0.3) is 5.56 Å². The van der Waals surface area contributed by atoms with Crippen molar-refractivity contribution in [2.24, 2.45) is 5.73 Å². The minimum absolute atomic E-state index is 0.0226.